The van der Waals surface area contributed by atoms with Gasteiger partial charge in [0.25, 0.3) is 0 Å². The van der Waals surface area contributed by atoms with Gasteiger partial charge in [-0.2, -0.15) is 0 Å². The standard InChI is InChI=1S/C13H18BNO2/c1-6-11-9-10(7-8-15-11)14-16-12(2,3)13(4,5)17-14/h6-9H,1H2,2-5H3/i1D2,6D. The fourth-order valence-corrected chi connectivity index (χ4v) is 1.64. The van der Waals surface area contributed by atoms with Crippen LogP contribution in [0.3, 0.4) is 0 Å². The van der Waals surface area contributed by atoms with Gasteiger partial charge in [-0.3, -0.25) is 4.98 Å². The highest BCUT2D eigenvalue weighted by Gasteiger charge is 2.51. The maximum atomic E-state index is 7.65. The van der Waals surface area contributed by atoms with Crippen LogP contribution in [0.1, 0.15) is 37.5 Å². The van der Waals surface area contributed by atoms with Crippen molar-refractivity contribution in [1.82, 2.24) is 4.98 Å². The molecule has 2 heterocycles. The Kier molecular flexibility index (Phi) is 2.07. The number of hydrogen-bond donors (Lipinski definition) is 0. The van der Waals surface area contributed by atoms with Crippen LogP contribution in [0.15, 0.2) is 24.9 Å². The van der Waals surface area contributed by atoms with Crippen molar-refractivity contribution >= 4 is 18.6 Å². The third-order valence-corrected chi connectivity index (χ3v) is 3.44. The highest BCUT2D eigenvalue weighted by molar-refractivity contribution is 6.62. The summed E-state index contributed by atoms with van der Waals surface area (Å²) in [6, 6.07) is 3.17. The number of pyridine rings is 1. The van der Waals surface area contributed by atoms with Crippen LogP contribution < -0.4 is 5.46 Å². The summed E-state index contributed by atoms with van der Waals surface area (Å²) in [4.78, 5) is 4.01. The Morgan fingerprint density at radius 1 is 1.41 bits per heavy atom. The third-order valence-electron chi connectivity index (χ3n) is 3.44. The van der Waals surface area contributed by atoms with Gasteiger partial charge in [0.2, 0.25) is 0 Å². The van der Waals surface area contributed by atoms with Gasteiger partial charge < -0.3 is 9.31 Å². The van der Waals surface area contributed by atoms with E-state index in [2.05, 4.69) is 4.98 Å². The van der Waals surface area contributed by atoms with Crippen molar-refractivity contribution < 1.29 is 13.4 Å². The lowest BCUT2D eigenvalue weighted by atomic mass is 9.79. The first-order valence-electron chi connectivity index (χ1n) is 7.10. The fourth-order valence-electron chi connectivity index (χ4n) is 1.64. The minimum atomic E-state index is -0.566. The molecule has 2 rings (SSSR count). The van der Waals surface area contributed by atoms with E-state index < -0.39 is 24.9 Å². The molecule has 0 bridgehead atoms. The Morgan fingerprint density at radius 3 is 2.65 bits per heavy atom. The highest BCUT2D eigenvalue weighted by Crippen LogP contribution is 2.36. The second-order valence-electron chi connectivity index (χ2n) is 5.19. The van der Waals surface area contributed by atoms with E-state index in [1.165, 1.54) is 6.20 Å². The molecule has 1 fully saturated rings. The second-order valence-corrected chi connectivity index (χ2v) is 5.19. The first-order chi connectivity index (χ1) is 9.14. The van der Waals surface area contributed by atoms with E-state index in [9.17, 15) is 0 Å². The summed E-state index contributed by atoms with van der Waals surface area (Å²) in [5, 5.41) is 0. The smallest absolute Gasteiger partial charge is 0.399 e. The van der Waals surface area contributed by atoms with E-state index in [1.807, 2.05) is 27.7 Å². The van der Waals surface area contributed by atoms with E-state index in [0.717, 1.165) is 5.46 Å². The van der Waals surface area contributed by atoms with Crippen LogP contribution in [0, 0.1) is 0 Å². The first-order valence-corrected chi connectivity index (χ1v) is 5.60. The highest BCUT2D eigenvalue weighted by atomic mass is 16.7. The van der Waals surface area contributed by atoms with E-state index in [0.29, 0.717) is 0 Å². The average Bonchev–Trinajstić information content (AvgIpc) is 2.57. The van der Waals surface area contributed by atoms with Crippen molar-refractivity contribution in [2.45, 2.75) is 38.9 Å². The van der Waals surface area contributed by atoms with Crippen molar-refractivity contribution in [2.24, 2.45) is 0 Å². The minimum Gasteiger partial charge on any atom is -0.399 e. The predicted molar refractivity (Wildman–Crippen MR) is 70.0 cm³/mol. The van der Waals surface area contributed by atoms with Gasteiger partial charge in [-0.15, -0.1) is 0 Å². The number of rotatable bonds is 2. The van der Waals surface area contributed by atoms with Gasteiger partial charge in [0, 0.05) is 6.20 Å². The molecule has 1 aromatic rings. The van der Waals surface area contributed by atoms with Gasteiger partial charge in [0.1, 0.15) is 0 Å². The molecule has 1 aromatic heterocycles. The molecule has 0 radical (unpaired) electrons. The molecule has 4 heteroatoms. The van der Waals surface area contributed by atoms with Crippen molar-refractivity contribution in [2.75, 3.05) is 0 Å². The SMILES string of the molecule is [2H]C([2H])=C([2H])c1cc(B2OC(C)(C)C(C)(C)O2)ccn1. The Hall–Kier alpha value is -1.13. The molecule has 0 atom stereocenters. The lowest BCUT2D eigenvalue weighted by molar-refractivity contribution is 0.00578. The Balaban J connectivity index is 2.33. The molecule has 1 aliphatic rings. The van der Waals surface area contributed by atoms with Crippen LogP contribution in [-0.4, -0.2) is 23.3 Å². The monoisotopic (exact) mass is 234 g/mol. The Bertz CT molecular complexity index is 540. The molecule has 0 amide bonds. The number of nitrogens with zero attached hydrogens (tertiary/aromatic N) is 1. The molecule has 3 nitrogen and oxygen atoms in total. The van der Waals surface area contributed by atoms with Crippen LogP contribution in [-0.2, 0) is 9.31 Å². The van der Waals surface area contributed by atoms with E-state index >= 15 is 0 Å². The van der Waals surface area contributed by atoms with Crippen molar-refractivity contribution in [1.29, 1.82) is 0 Å². The van der Waals surface area contributed by atoms with Gasteiger partial charge in [-0.25, -0.2) is 0 Å². The minimum absolute atomic E-state index is 0.219. The van der Waals surface area contributed by atoms with Gasteiger partial charge in [0.05, 0.1) is 21.0 Å². The summed E-state index contributed by atoms with van der Waals surface area (Å²) in [6.07, 6.45) is 1.53. The number of aromatic nitrogens is 1. The van der Waals surface area contributed by atoms with Crippen molar-refractivity contribution in [3.63, 3.8) is 0 Å². The van der Waals surface area contributed by atoms with Gasteiger partial charge >= 0.3 is 7.12 Å². The largest absolute Gasteiger partial charge is 0.494 e. The van der Waals surface area contributed by atoms with Crippen LogP contribution >= 0.6 is 0 Å². The van der Waals surface area contributed by atoms with Crippen LogP contribution in [0.4, 0.5) is 0 Å². The van der Waals surface area contributed by atoms with Gasteiger partial charge in [-0.05, 0) is 51.3 Å². The lowest BCUT2D eigenvalue weighted by Crippen LogP contribution is -2.41. The van der Waals surface area contributed by atoms with E-state index in [1.54, 1.807) is 12.1 Å². The van der Waals surface area contributed by atoms with Crippen LogP contribution in [0.2, 0.25) is 0 Å². The maximum Gasteiger partial charge on any atom is 0.494 e. The fraction of sp³-hybridized carbons (Fsp3) is 0.462. The lowest BCUT2D eigenvalue weighted by Gasteiger charge is -2.32. The van der Waals surface area contributed by atoms with Crippen molar-refractivity contribution in [3.05, 3.63) is 30.6 Å². The summed E-state index contributed by atoms with van der Waals surface area (Å²) >= 11 is 0. The Labute approximate surface area is 107 Å². The summed E-state index contributed by atoms with van der Waals surface area (Å²) in [5.41, 5.74) is 0.143. The molecule has 90 valence electrons. The zero-order valence-electron chi connectivity index (χ0n) is 13.6. The molecule has 0 unspecified atom stereocenters. The molecule has 0 saturated carbocycles. The molecule has 17 heavy (non-hydrogen) atoms. The normalized spacial score (nSPS) is 23.8. The quantitative estimate of drug-likeness (QED) is 0.733. The summed E-state index contributed by atoms with van der Waals surface area (Å²) in [7, 11) is -0.533. The van der Waals surface area contributed by atoms with E-state index in [-0.39, 0.29) is 11.7 Å². The zero-order valence-corrected chi connectivity index (χ0v) is 10.6. The molecule has 0 spiro atoms. The second kappa shape index (κ2) is 3.96. The number of hydrogen-bond acceptors (Lipinski definition) is 3. The topological polar surface area (TPSA) is 31.4 Å². The molecule has 1 aliphatic heterocycles. The Morgan fingerprint density at radius 2 is 2.06 bits per heavy atom. The van der Waals surface area contributed by atoms with Gasteiger partial charge in [-0.1, -0.05) is 6.53 Å². The maximum absolute atomic E-state index is 7.65. The molecule has 0 N–H and O–H groups in total. The molecular formula is C13H18BNO2. The first kappa shape index (κ1) is 8.89. The van der Waals surface area contributed by atoms with Crippen LogP contribution in [0.5, 0.6) is 0 Å². The van der Waals surface area contributed by atoms with Crippen LogP contribution in [0.25, 0.3) is 6.05 Å². The van der Waals surface area contributed by atoms with E-state index in [4.69, 9.17) is 13.4 Å². The molecule has 0 aliphatic carbocycles. The molecular weight excluding hydrogens is 213 g/mol. The van der Waals surface area contributed by atoms with Gasteiger partial charge in [0.15, 0.2) is 0 Å². The average molecular weight is 234 g/mol. The zero-order chi connectivity index (χ0) is 15.1. The summed E-state index contributed by atoms with van der Waals surface area (Å²) < 4.78 is 33.9. The summed E-state index contributed by atoms with van der Waals surface area (Å²) in [6.45, 7) is 7.31. The summed E-state index contributed by atoms with van der Waals surface area (Å²) in [5.74, 6) is 0. The molecule has 0 aromatic carbocycles. The molecule has 1 saturated heterocycles. The predicted octanol–water partition coefficient (Wildman–Crippen LogP) is 2.02. The van der Waals surface area contributed by atoms with Crippen molar-refractivity contribution in [3.8, 4) is 0 Å². The third kappa shape index (κ3) is 2.15.